The summed E-state index contributed by atoms with van der Waals surface area (Å²) in [6, 6.07) is 34.5. The number of rotatable bonds is 2. The van der Waals surface area contributed by atoms with Gasteiger partial charge >= 0.3 is 0 Å². The lowest BCUT2D eigenvalue weighted by Gasteiger charge is -2.44. The zero-order chi connectivity index (χ0) is 27.0. The minimum absolute atomic E-state index is 0.170. The molecule has 0 amide bonds. The lowest BCUT2D eigenvalue weighted by atomic mass is 9.33. The minimum Gasteiger partial charge on any atom is -0.311 e. The monoisotopic (exact) mass is 504 g/mol. The van der Waals surface area contributed by atoms with Gasteiger partial charge in [0.2, 0.25) is 0 Å². The van der Waals surface area contributed by atoms with Crippen LogP contribution in [-0.2, 0) is 0 Å². The van der Waals surface area contributed by atoms with Crippen molar-refractivity contribution in [1.29, 1.82) is 0 Å². The lowest BCUT2D eigenvalue weighted by molar-refractivity contribution is 1.21. The second-order valence-corrected chi connectivity index (χ2v) is 11.5. The highest BCUT2D eigenvalue weighted by molar-refractivity contribution is 7.00. The Kier molecular flexibility index (Phi) is 5.28. The molecule has 0 bridgehead atoms. The highest BCUT2D eigenvalue weighted by atomic mass is 15.2. The Morgan fingerprint density at radius 1 is 0.410 bits per heavy atom. The molecule has 0 spiro atoms. The lowest BCUT2D eigenvalue weighted by Crippen LogP contribution is -2.61. The molecule has 0 fully saturated rings. The molecule has 0 saturated heterocycles. The second kappa shape index (κ2) is 8.64. The van der Waals surface area contributed by atoms with E-state index in [1.54, 1.807) is 0 Å². The van der Waals surface area contributed by atoms with Gasteiger partial charge in [0, 0.05) is 34.1 Å². The summed E-state index contributed by atoms with van der Waals surface area (Å²) in [7, 11) is 0. The molecule has 0 aliphatic carbocycles. The van der Waals surface area contributed by atoms with Crippen LogP contribution in [-0.4, -0.2) is 6.71 Å². The summed E-state index contributed by atoms with van der Waals surface area (Å²) in [4.78, 5) is 5.02. The van der Waals surface area contributed by atoms with Crippen molar-refractivity contribution in [3.63, 3.8) is 0 Å². The van der Waals surface area contributed by atoms with E-state index in [1.807, 2.05) is 0 Å². The molecule has 0 saturated carbocycles. The van der Waals surface area contributed by atoms with Crippen LogP contribution >= 0.6 is 0 Å². The largest absolute Gasteiger partial charge is 0.311 e. The van der Waals surface area contributed by atoms with E-state index in [-0.39, 0.29) is 6.71 Å². The van der Waals surface area contributed by atoms with Crippen molar-refractivity contribution in [3.8, 4) is 0 Å². The maximum atomic E-state index is 2.51. The van der Waals surface area contributed by atoms with Crippen LogP contribution in [0.2, 0.25) is 0 Å². The first-order valence-corrected chi connectivity index (χ1v) is 13.9. The molecule has 190 valence electrons. The maximum absolute atomic E-state index is 2.51. The van der Waals surface area contributed by atoms with Crippen molar-refractivity contribution in [3.05, 3.63) is 124 Å². The Hall–Kier alpha value is -4.24. The van der Waals surface area contributed by atoms with Gasteiger partial charge in [-0.05, 0) is 117 Å². The van der Waals surface area contributed by atoms with Gasteiger partial charge in [-0.25, -0.2) is 0 Å². The smallest absolute Gasteiger partial charge is 0.252 e. The molecule has 0 N–H and O–H groups in total. The number of fused-ring (bicyclic) bond motifs is 4. The molecule has 2 heterocycles. The van der Waals surface area contributed by atoms with E-state index in [1.165, 1.54) is 83.9 Å². The first kappa shape index (κ1) is 23.9. The Bertz CT molecular complexity index is 1670. The van der Waals surface area contributed by atoms with Crippen molar-refractivity contribution in [2.24, 2.45) is 0 Å². The normalized spacial score (nSPS) is 13.2. The molecule has 0 atom stereocenters. The number of aryl methyl sites for hydroxylation is 6. The first-order valence-electron chi connectivity index (χ1n) is 13.9. The van der Waals surface area contributed by atoms with Crippen LogP contribution in [0.25, 0.3) is 0 Å². The molecule has 39 heavy (non-hydrogen) atoms. The van der Waals surface area contributed by atoms with Gasteiger partial charge in [-0.2, -0.15) is 0 Å². The van der Waals surface area contributed by atoms with E-state index in [0.29, 0.717) is 0 Å². The molecular weight excluding hydrogens is 471 g/mol. The summed E-state index contributed by atoms with van der Waals surface area (Å²) in [5, 5.41) is 0. The standard InChI is InChI=1S/C36H33BN2/c1-22-12-16-30-28(18-22)37-29-19-23(2)13-17-31(29)39(35-21-25(4)11-15-27(35)6)33-9-7-8-32(36(33)37)38(30)34-20-24(3)10-14-26(34)5/h7-21H,1-6H3. The second-order valence-electron chi connectivity index (χ2n) is 11.5. The molecule has 3 heteroatoms. The molecule has 2 nitrogen and oxygen atoms in total. The quantitative estimate of drug-likeness (QED) is 0.224. The summed E-state index contributed by atoms with van der Waals surface area (Å²) >= 11 is 0. The van der Waals surface area contributed by atoms with E-state index in [4.69, 9.17) is 0 Å². The number of hydrogen-bond donors (Lipinski definition) is 0. The van der Waals surface area contributed by atoms with E-state index in [2.05, 4.69) is 142 Å². The summed E-state index contributed by atoms with van der Waals surface area (Å²) in [6.07, 6.45) is 0. The molecule has 7 rings (SSSR count). The van der Waals surface area contributed by atoms with Crippen LogP contribution in [0.4, 0.5) is 34.1 Å². The van der Waals surface area contributed by atoms with Gasteiger partial charge in [0.05, 0.1) is 0 Å². The van der Waals surface area contributed by atoms with Gasteiger partial charge in [-0.3, -0.25) is 0 Å². The maximum Gasteiger partial charge on any atom is 0.252 e. The summed E-state index contributed by atoms with van der Waals surface area (Å²) < 4.78 is 0. The summed E-state index contributed by atoms with van der Waals surface area (Å²) in [5.74, 6) is 0. The fourth-order valence-corrected chi connectivity index (χ4v) is 6.62. The fourth-order valence-electron chi connectivity index (χ4n) is 6.62. The Morgan fingerprint density at radius 3 is 1.28 bits per heavy atom. The predicted molar refractivity (Wildman–Crippen MR) is 169 cm³/mol. The van der Waals surface area contributed by atoms with Gasteiger partial charge < -0.3 is 9.80 Å². The van der Waals surface area contributed by atoms with Crippen LogP contribution in [0.3, 0.4) is 0 Å². The summed E-state index contributed by atoms with van der Waals surface area (Å²) in [5.41, 5.74) is 19.4. The van der Waals surface area contributed by atoms with E-state index in [9.17, 15) is 0 Å². The van der Waals surface area contributed by atoms with Gasteiger partial charge in [0.15, 0.2) is 0 Å². The zero-order valence-corrected chi connectivity index (χ0v) is 23.6. The number of hydrogen-bond acceptors (Lipinski definition) is 2. The molecule has 0 radical (unpaired) electrons. The van der Waals surface area contributed by atoms with Crippen LogP contribution in [0.15, 0.2) is 91.0 Å². The topological polar surface area (TPSA) is 6.48 Å². The third-order valence-corrected chi connectivity index (χ3v) is 8.51. The van der Waals surface area contributed by atoms with Gasteiger partial charge in [-0.1, -0.05) is 65.7 Å². The SMILES string of the molecule is Cc1ccc2c(c1)B1c3cc(C)ccc3N(c3cc(C)ccc3C)c3cccc(c31)N2c1cc(C)ccc1C. The van der Waals surface area contributed by atoms with E-state index in [0.717, 1.165) is 0 Å². The molecule has 2 aliphatic heterocycles. The molecular formula is C36H33BN2. The van der Waals surface area contributed by atoms with Crippen molar-refractivity contribution < 1.29 is 0 Å². The number of nitrogens with zero attached hydrogens (tertiary/aromatic N) is 2. The number of anilines is 6. The Labute approximate surface area is 232 Å². The highest BCUT2D eigenvalue weighted by Gasteiger charge is 2.43. The van der Waals surface area contributed by atoms with Gasteiger partial charge in [-0.15, -0.1) is 0 Å². The summed E-state index contributed by atoms with van der Waals surface area (Å²) in [6.45, 7) is 13.4. The first-order chi connectivity index (χ1) is 18.8. The highest BCUT2D eigenvalue weighted by Crippen LogP contribution is 2.45. The van der Waals surface area contributed by atoms with Crippen LogP contribution in [0.1, 0.15) is 33.4 Å². The fraction of sp³-hybridized carbons (Fsp3) is 0.167. The van der Waals surface area contributed by atoms with Crippen LogP contribution in [0, 0.1) is 41.5 Å². The third-order valence-electron chi connectivity index (χ3n) is 8.51. The van der Waals surface area contributed by atoms with Crippen molar-refractivity contribution in [1.82, 2.24) is 0 Å². The van der Waals surface area contributed by atoms with E-state index >= 15 is 0 Å². The van der Waals surface area contributed by atoms with Crippen molar-refractivity contribution in [2.45, 2.75) is 41.5 Å². The zero-order valence-electron chi connectivity index (χ0n) is 23.6. The van der Waals surface area contributed by atoms with Crippen molar-refractivity contribution in [2.75, 3.05) is 9.80 Å². The average molecular weight is 504 g/mol. The predicted octanol–water partition coefficient (Wildman–Crippen LogP) is 7.62. The van der Waals surface area contributed by atoms with E-state index < -0.39 is 0 Å². The third kappa shape index (κ3) is 3.56. The average Bonchev–Trinajstić information content (AvgIpc) is 2.92. The molecule has 5 aromatic carbocycles. The Balaban J connectivity index is 1.61. The minimum atomic E-state index is 0.170. The number of benzene rings is 5. The molecule has 5 aromatic rings. The van der Waals surface area contributed by atoms with Gasteiger partial charge in [0.1, 0.15) is 0 Å². The van der Waals surface area contributed by atoms with Crippen LogP contribution in [0.5, 0.6) is 0 Å². The van der Waals surface area contributed by atoms with Crippen LogP contribution < -0.4 is 26.2 Å². The van der Waals surface area contributed by atoms with Crippen molar-refractivity contribution >= 4 is 57.2 Å². The Morgan fingerprint density at radius 2 is 0.821 bits per heavy atom. The molecule has 0 unspecified atom stereocenters. The molecule has 2 aliphatic rings. The van der Waals surface area contributed by atoms with Gasteiger partial charge in [0.25, 0.3) is 6.71 Å². The molecule has 0 aromatic heterocycles.